The van der Waals surface area contributed by atoms with Crippen molar-refractivity contribution in [2.45, 2.75) is 6.92 Å². The number of hydrogen-bond donors (Lipinski definition) is 0. The Labute approximate surface area is 157 Å². The normalized spacial score (nSPS) is 18.0. The highest BCUT2D eigenvalue weighted by atomic mass is 127. The van der Waals surface area contributed by atoms with Crippen LogP contribution in [0.15, 0.2) is 58.4 Å². The van der Waals surface area contributed by atoms with Crippen LogP contribution in [0.1, 0.15) is 12.5 Å². The number of likely N-dealkylation sites (N-methyl/N-ethyl adjacent to an activating group) is 1. The first-order valence-electron chi connectivity index (χ1n) is 7.38. The van der Waals surface area contributed by atoms with Gasteiger partial charge in [0, 0.05) is 10.1 Å². The first-order valence-corrected chi connectivity index (χ1v) is 9.27. The molecule has 2 aromatic carbocycles. The first-order chi connectivity index (χ1) is 11.6. The van der Waals surface area contributed by atoms with Crippen LogP contribution < -0.4 is 0 Å². The number of rotatable bonds is 3. The maximum atomic E-state index is 13.0. The van der Waals surface area contributed by atoms with E-state index in [9.17, 15) is 9.18 Å². The predicted octanol–water partition coefficient (Wildman–Crippen LogP) is 5.05. The molecule has 3 nitrogen and oxygen atoms in total. The van der Waals surface area contributed by atoms with Gasteiger partial charge in [-0.15, -0.1) is 0 Å². The van der Waals surface area contributed by atoms with Crippen LogP contribution in [-0.4, -0.2) is 22.5 Å². The summed E-state index contributed by atoms with van der Waals surface area (Å²) < 4.78 is 14.2. The molecule has 1 heterocycles. The summed E-state index contributed by atoms with van der Waals surface area (Å²) in [6, 6.07) is 13.9. The van der Waals surface area contributed by atoms with Crippen molar-refractivity contribution in [2.75, 3.05) is 6.54 Å². The van der Waals surface area contributed by atoms with Crippen molar-refractivity contribution in [2.24, 2.45) is 4.99 Å². The maximum absolute atomic E-state index is 13.0. The Bertz CT molecular complexity index is 816. The summed E-state index contributed by atoms with van der Waals surface area (Å²) in [5.41, 5.74) is 1.60. The van der Waals surface area contributed by atoms with Crippen LogP contribution in [0, 0.1) is 9.39 Å². The summed E-state index contributed by atoms with van der Waals surface area (Å²) in [4.78, 5) is 19.3. The van der Waals surface area contributed by atoms with E-state index >= 15 is 0 Å². The minimum Gasteiger partial charge on any atom is -0.287 e. The van der Waals surface area contributed by atoms with Crippen molar-refractivity contribution in [3.8, 4) is 0 Å². The molecule has 2 aromatic rings. The largest absolute Gasteiger partial charge is 0.287 e. The van der Waals surface area contributed by atoms with Gasteiger partial charge in [0.1, 0.15) is 5.82 Å². The maximum Gasteiger partial charge on any atom is 0.266 e. The van der Waals surface area contributed by atoms with Crippen LogP contribution in [0.5, 0.6) is 0 Å². The van der Waals surface area contributed by atoms with Gasteiger partial charge in [0.15, 0.2) is 5.17 Å². The van der Waals surface area contributed by atoms with Gasteiger partial charge in [-0.05, 0) is 89.3 Å². The summed E-state index contributed by atoms with van der Waals surface area (Å²) in [6.45, 7) is 2.45. The molecule has 1 saturated heterocycles. The van der Waals surface area contributed by atoms with Gasteiger partial charge in [-0.3, -0.25) is 9.69 Å². The molecule has 0 bridgehead atoms. The third kappa shape index (κ3) is 3.87. The van der Waals surface area contributed by atoms with Crippen LogP contribution in [0.2, 0.25) is 0 Å². The quantitative estimate of drug-likeness (QED) is 0.482. The molecule has 0 unspecified atom stereocenters. The lowest BCUT2D eigenvalue weighted by atomic mass is 10.2. The molecule has 0 radical (unpaired) electrons. The number of carbonyl (C=O) groups is 1. The zero-order chi connectivity index (χ0) is 17.1. The van der Waals surface area contributed by atoms with E-state index in [-0.39, 0.29) is 11.7 Å². The predicted molar refractivity (Wildman–Crippen MR) is 106 cm³/mol. The number of carbonyl (C=O) groups excluding carboxylic acids is 1. The van der Waals surface area contributed by atoms with E-state index in [4.69, 9.17) is 0 Å². The molecule has 3 rings (SSSR count). The average molecular weight is 452 g/mol. The highest BCUT2D eigenvalue weighted by Crippen LogP contribution is 2.34. The number of amidine groups is 1. The van der Waals surface area contributed by atoms with Gasteiger partial charge in [-0.25, -0.2) is 9.38 Å². The van der Waals surface area contributed by atoms with Crippen LogP contribution in [0.3, 0.4) is 0 Å². The molecule has 0 aliphatic carbocycles. The fourth-order valence-corrected chi connectivity index (χ4v) is 3.63. The van der Waals surface area contributed by atoms with Crippen molar-refractivity contribution in [3.63, 3.8) is 0 Å². The number of benzene rings is 2. The number of hydrogen-bond acceptors (Lipinski definition) is 3. The molecule has 0 N–H and O–H groups in total. The number of aliphatic imine (C=N–C) groups is 1. The van der Waals surface area contributed by atoms with E-state index < -0.39 is 0 Å². The number of halogens is 2. The molecule has 0 atom stereocenters. The molecular weight excluding hydrogens is 438 g/mol. The summed E-state index contributed by atoms with van der Waals surface area (Å²) in [7, 11) is 0. The van der Waals surface area contributed by atoms with E-state index in [0.29, 0.717) is 22.3 Å². The lowest BCUT2D eigenvalue weighted by molar-refractivity contribution is -0.122. The van der Waals surface area contributed by atoms with E-state index in [2.05, 4.69) is 27.6 Å². The van der Waals surface area contributed by atoms with Gasteiger partial charge in [0.05, 0.1) is 10.6 Å². The number of amides is 1. The van der Waals surface area contributed by atoms with Gasteiger partial charge in [-0.2, -0.15) is 0 Å². The second-order valence-electron chi connectivity index (χ2n) is 5.08. The average Bonchev–Trinajstić information content (AvgIpc) is 2.86. The number of nitrogens with zero attached hydrogens (tertiary/aromatic N) is 2. The second-order valence-corrected chi connectivity index (χ2v) is 7.34. The molecular formula is C18H14FIN2OS. The van der Waals surface area contributed by atoms with Gasteiger partial charge < -0.3 is 0 Å². The van der Waals surface area contributed by atoms with Crippen LogP contribution in [0.25, 0.3) is 6.08 Å². The standard InChI is InChI=1S/C18H14FIN2OS/c1-2-22-17(23)16(11-12-3-7-14(20)8-4-12)24-18(22)21-15-9-5-13(19)6-10-15/h3-11H,2H2,1H3/b16-11+,21-18?. The summed E-state index contributed by atoms with van der Waals surface area (Å²) in [5.74, 6) is -0.359. The van der Waals surface area contributed by atoms with E-state index in [0.717, 1.165) is 9.13 Å². The highest BCUT2D eigenvalue weighted by molar-refractivity contribution is 14.1. The Hall–Kier alpha value is -1.67. The smallest absolute Gasteiger partial charge is 0.266 e. The first kappa shape index (κ1) is 17.2. The second kappa shape index (κ2) is 7.48. The monoisotopic (exact) mass is 452 g/mol. The lowest BCUT2D eigenvalue weighted by Gasteiger charge is -2.11. The highest BCUT2D eigenvalue weighted by Gasteiger charge is 2.32. The van der Waals surface area contributed by atoms with Crippen LogP contribution in [0.4, 0.5) is 10.1 Å². The molecule has 0 saturated carbocycles. The molecule has 0 aromatic heterocycles. The number of thioether (sulfide) groups is 1. The minimum absolute atomic E-state index is 0.0538. The molecule has 1 aliphatic heterocycles. The van der Waals surface area contributed by atoms with Gasteiger partial charge in [0.25, 0.3) is 5.91 Å². The van der Waals surface area contributed by atoms with Crippen molar-refractivity contribution in [1.29, 1.82) is 0 Å². The lowest BCUT2D eigenvalue weighted by Crippen LogP contribution is -2.28. The van der Waals surface area contributed by atoms with Crippen molar-refractivity contribution in [3.05, 3.63) is 68.4 Å². The molecule has 122 valence electrons. The van der Waals surface area contributed by atoms with Crippen molar-refractivity contribution in [1.82, 2.24) is 4.90 Å². The Morgan fingerprint density at radius 3 is 2.46 bits per heavy atom. The minimum atomic E-state index is -0.305. The van der Waals surface area contributed by atoms with Gasteiger partial charge in [0.2, 0.25) is 0 Å². The van der Waals surface area contributed by atoms with Crippen LogP contribution in [-0.2, 0) is 4.79 Å². The zero-order valence-electron chi connectivity index (χ0n) is 12.9. The Morgan fingerprint density at radius 1 is 1.17 bits per heavy atom. The molecule has 24 heavy (non-hydrogen) atoms. The van der Waals surface area contributed by atoms with Gasteiger partial charge >= 0.3 is 0 Å². The summed E-state index contributed by atoms with van der Waals surface area (Å²) in [6.07, 6.45) is 1.87. The van der Waals surface area contributed by atoms with Crippen molar-refractivity contribution < 1.29 is 9.18 Å². The topological polar surface area (TPSA) is 32.7 Å². The third-order valence-corrected chi connectivity index (χ3v) is 5.15. The van der Waals surface area contributed by atoms with E-state index in [1.807, 2.05) is 37.3 Å². The molecule has 1 aliphatic rings. The fourth-order valence-electron chi connectivity index (χ4n) is 2.21. The third-order valence-electron chi connectivity index (χ3n) is 3.42. The molecule has 6 heteroatoms. The SMILES string of the molecule is CCN1C(=O)/C(=C\c2ccc(I)cc2)SC1=Nc1ccc(F)cc1. The Balaban J connectivity index is 1.91. The zero-order valence-corrected chi connectivity index (χ0v) is 15.8. The summed E-state index contributed by atoms with van der Waals surface area (Å²) >= 11 is 3.59. The fraction of sp³-hybridized carbons (Fsp3) is 0.111. The Morgan fingerprint density at radius 2 is 1.83 bits per heavy atom. The van der Waals surface area contributed by atoms with E-state index in [1.54, 1.807) is 17.0 Å². The Kier molecular flexibility index (Phi) is 5.35. The summed E-state index contributed by atoms with van der Waals surface area (Å²) in [5, 5.41) is 0.617. The van der Waals surface area contributed by atoms with Crippen molar-refractivity contribution >= 4 is 57.2 Å². The van der Waals surface area contributed by atoms with Crippen LogP contribution >= 0.6 is 34.4 Å². The molecule has 0 spiro atoms. The molecule has 1 fully saturated rings. The van der Waals surface area contributed by atoms with E-state index in [1.165, 1.54) is 23.9 Å². The molecule has 1 amide bonds. The van der Waals surface area contributed by atoms with Gasteiger partial charge in [-0.1, -0.05) is 12.1 Å².